The standard InChI is InChI=1S/C33H33N3O7.ClH/c1-6-34-25-16-27-23(13-18(25)4)31(24-14-19(5)26(35-7-2)17-28(24)42-27)21-10-9-20(15-22(21)33(40)41-8-3)32(39)43-36-29(37)11-12-30(36)38;/h9-10,13-17,34H,6-8,11-12H2,1-5H3;1H. The molecule has 0 radical (unpaired) electrons. The molecule has 1 aliphatic carbocycles. The van der Waals surface area contributed by atoms with Gasteiger partial charge in [-0.25, -0.2) is 14.6 Å². The molecule has 0 aromatic heterocycles. The number of esters is 1. The first-order valence-corrected chi connectivity index (χ1v) is 14.4. The molecule has 10 nitrogen and oxygen atoms in total. The van der Waals surface area contributed by atoms with Gasteiger partial charge in [0.1, 0.15) is 17.9 Å². The highest BCUT2D eigenvalue weighted by atomic mass is 35.5. The summed E-state index contributed by atoms with van der Waals surface area (Å²) in [5.41, 5.74) is 5.68. The number of amides is 2. The molecule has 0 saturated carbocycles. The summed E-state index contributed by atoms with van der Waals surface area (Å²) in [7, 11) is 0. The van der Waals surface area contributed by atoms with Gasteiger partial charge in [-0.2, -0.15) is 0 Å². The molecule has 2 aliphatic heterocycles. The van der Waals surface area contributed by atoms with E-state index in [9.17, 15) is 19.2 Å². The Balaban J connectivity index is 0.00000442. The van der Waals surface area contributed by atoms with Crippen molar-refractivity contribution in [2.75, 3.05) is 25.0 Å². The summed E-state index contributed by atoms with van der Waals surface area (Å²) in [6.07, 6.45) is -0.0513. The fourth-order valence-electron chi connectivity index (χ4n) is 5.31. The Morgan fingerprint density at radius 2 is 1.66 bits per heavy atom. The molecule has 1 saturated heterocycles. The Morgan fingerprint density at radius 1 is 0.932 bits per heavy atom. The van der Waals surface area contributed by atoms with Gasteiger partial charge < -0.3 is 31.7 Å². The smallest absolute Gasteiger partial charge is 0.363 e. The quantitative estimate of drug-likeness (QED) is 0.167. The fourth-order valence-corrected chi connectivity index (χ4v) is 5.31. The SMILES string of the molecule is CCNc1cc2oc3cc(=[NH+]CC)c(C)cc-3c(-c3ccc(C(=O)ON4C(=O)CCC4=O)cc3C(=O)OCC)c2cc1C.[Cl-]. The lowest BCUT2D eigenvalue weighted by Crippen LogP contribution is -3.00. The second kappa shape index (κ2) is 13.3. The summed E-state index contributed by atoms with van der Waals surface area (Å²) >= 11 is 0. The zero-order valence-electron chi connectivity index (χ0n) is 25.3. The van der Waals surface area contributed by atoms with Crippen molar-refractivity contribution >= 4 is 40.4 Å². The summed E-state index contributed by atoms with van der Waals surface area (Å²) in [6.45, 7) is 11.3. The number of halogens is 1. The number of aryl methyl sites for hydroxylation is 2. The Hall–Kier alpha value is -4.70. The van der Waals surface area contributed by atoms with Gasteiger partial charge in [-0.15, -0.1) is 5.06 Å². The van der Waals surface area contributed by atoms with Crippen molar-refractivity contribution in [3.8, 4) is 22.5 Å². The van der Waals surface area contributed by atoms with E-state index >= 15 is 0 Å². The van der Waals surface area contributed by atoms with Crippen LogP contribution in [0.4, 0.5) is 5.69 Å². The first-order valence-electron chi connectivity index (χ1n) is 14.4. The molecule has 11 heteroatoms. The van der Waals surface area contributed by atoms with Crippen molar-refractivity contribution in [3.05, 3.63) is 70.1 Å². The lowest BCUT2D eigenvalue weighted by molar-refractivity contribution is -0.496. The molecule has 3 aliphatic rings. The van der Waals surface area contributed by atoms with Crippen molar-refractivity contribution in [2.24, 2.45) is 0 Å². The van der Waals surface area contributed by atoms with Gasteiger partial charge in [-0.3, -0.25) is 9.59 Å². The molecule has 2 N–H and O–H groups in total. The lowest BCUT2D eigenvalue weighted by atomic mass is 9.88. The molecule has 0 unspecified atom stereocenters. The van der Waals surface area contributed by atoms with E-state index in [-0.39, 0.29) is 43.0 Å². The van der Waals surface area contributed by atoms with E-state index in [4.69, 9.17) is 14.0 Å². The third kappa shape index (κ3) is 6.03. The van der Waals surface area contributed by atoms with Crippen molar-refractivity contribution in [1.29, 1.82) is 0 Å². The van der Waals surface area contributed by atoms with Crippen LogP contribution in [0.15, 0.2) is 46.9 Å². The van der Waals surface area contributed by atoms with Crippen LogP contribution in [0.5, 0.6) is 0 Å². The normalized spacial score (nSPS) is 13.4. The van der Waals surface area contributed by atoms with E-state index in [1.54, 1.807) is 13.0 Å². The highest BCUT2D eigenvalue weighted by molar-refractivity contribution is 6.10. The fraction of sp³-hybridized carbons (Fsp3) is 0.303. The van der Waals surface area contributed by atoms with Crippen LogP contribution in [-0.2, 0) is 19.2 Å². The summed E-state index contributed by atoms with van der Waals surface area (Å²) < 4.78 is 11.9. The minimum absolute atomic E-state index is 0. The predicted octanol–water partition coefficient (Wildman–Crippen LogP) is 0.656. The van der Waals surface area contributed by atoms with Crippen molar-refractivity contribution in [3.63, 3.8) is 0 Å². The molecule has 0 bridgehead atoms. The number of nitrogens with one attached hydrogen (secondary N) is 2. The molecule has 0 spiro atoms. The minimum Gasteiger partial charge on any atom is -1.00 e. The van der Waals surface area contributed by atoms with Gasteiger partial charge in [0.05, 0.1) is 23.8 Å². The van der Waals surface area contributed by atoms with Crippen LogP contribution in [0.25, 0.3) is 33.4 Å². The monoisotopic (exact) mass is 619 g/mol. The zero-order valence-corrected chi connectivity index (χ0v) is 26.0. The van der Waals surface area contributed by atoms with E-state index in [2.05, 4.69) is 10.3 Å². The molecule has 44 heavy (non-hydrogen) atoms. The number of rotatable bonds is 8. The number of ether oxygens (including phenoxy) is 1. The van der Waals surface area contributed by atoms with Gasteiger partial charge in [0.15, 0.2) is 0 Å². The Labute approximate surface area is 260 Å². The van der Waals surface area contributed by atoms with Crippen molar-refractivity contribution in [1.82, 2.24) is 5.06 Å². The first-order chi connectivity index (χ1) is 20.7. The largest absolute Gasteiger partial charge is 1.00 e. The maximum absolute atomic E-state index is 13.4. The second-order valence-electron chi connectivity index (χ2n) is 10.3. The molecule has 2 amide bonds. The molecule has 2 heterocycles. The molecular formula is C33H34ClN3O7. The number of carbonyl (C=O) groups excluding carboxylic acids is 4. The number of benzene rings is 3. The number of nitrogens with zero attached hydrogens (tertiary/aromatic N) is 1. The van der Waals surface area contributed by atoms with Crippen LogP contribution in [0.3, 0.4) is 0 Å². The lowest BCUT2D eigenvalue weighted by Gasteiger charge is -2.20. The van der Waals surface area contributed by atoms with Crippen molar-refractivity contribution < 1.29 is 50.6 Å². The minimum atomic E-state index is -0.935. The van der Waals surface area contributed by atoms with Crippen molar-refractivity contribution in [2.45, 2.75) is 47.5 Å². The number of anilines is 1. The van der Waals surface area contributed by atoms with Crippen LogP contribution in [0, 0.1) is 13.8 Å². The van der Waals surface area contributed by atoms with Gasteiger partial charge in [0, 0.05) is 53.2 Å². The third-order valence-electron chi connectivity index (χ3n) is 7.35. The Bertz CT molecular complexity index is 1810. The van der Waals surface area contributed by atoms with Gasteiger partial charge in [-0.1, -0.05) is 6.07 Å². The maximum atomic E-state index is 13.4. The summed E-state index contributed by atoms with van der Waals surface area (Å²) in [5, 5.41) is 5.55. The number of hydrogen-bond donors (Lipinski definition) is 2. The topological polar surface area (TPSA) is 129 Å². The number of carbonyl (C=O) groups is 4. The predicted molar refractivity (Wildman–Crippen MR) is 159 cm³/mol. The highest BCUT2D eigenvalue weighted by Gasteiger charge is 2.34. The number of imide groups is 1. The number of fused-ring (bicyclic) bond motifs is 2. The van der Waals surface area contributed by atoms with Crippen LogP contribution >= 0.6 is 0 Å². The highest BCUT2D eigenvalue weighted by Crippen LogP contribution is 2.43. The summed E-state index contributed by atoms with van der Waals surface area (Å²) in [5.74, 6) is -2.14. The average Bonchev–Trinajstić information content (AvgIpc) is 3.29. The van der Waals surface area contributed by atoms with Crippen LogP contribution in [0.2, 0.25) is 0 Å². The molecule has 230 valence electrons. The third-order valence-corrected chi connectivity index (χ3v) is 7.35. The molecule has 5 rings (SSSR count). The Kier molecular flexibility index (Phi) is 9.74. The first kappa shape index (κ1) is 32.2. The van der Waals surface area contributed by atoms with E-state index < -0.39 is 23.8 Å². The van der Waals surface area contributed by atoms with Gasteiger partial charge in [-0.05, 0) is 70.0 Å². The molecule has 2 aromatic rings. The molecule has 1 fully saturated rings. The maximum Gasteiger partial charge on any atom is 0.363 e. The van der Waals surface area contributed by atoms with Gasteiger partial charge >= 0.3 is 11.9 Å². The Morgan fingerprint density at radius 3 is 2.32 bits per heavy atom. The summed E-state index contributed by atoms with van der Waals surface area (Å²) in [6, 6.07) is 12.5. The van der Waals surface area contributed by atoms with Crippen LogP contribution in [-0.4, -0.2) is 48.5 Å². The van der Waals surface area contributed by atoms with Gasteiger partial charge in [0.2, 0.25) is 5.36 Å². The van der Waals surface area contributed by atoms with Crippen LogP contribution in [0.1, 0.15) is 65.5 Å². The number of hydrogen-bond acceptors (Lipinski definition) is 8. The number of hydroxylamine groups is 2. The molecule has 0 atom stereocenters. The van der Waals surface area contributed by atoms with Gasteiger partial charge in [0.25, 0.3) is 11.8 Å². The average molecular weight is 620 g/mol. The van der Waals surface area contributed by atoms with E-state index in [0.29, 0.717) is 22.0 Å². The van der Waals surface area contributed by atoms with E-state index in [1.165, 1.54) is 12.1 Å². The van der Waals surface area contributed by atoms with E-state index in [0.717, 1.165) is 51.8 Å². The second-order valence-corrected chi connectivity index (χ2v) is 10.3. The summed E-state index contributed by atoms with van der Waals surface area (Å²) in [4.78, 5) is 59.0. The zero-order chi connectivity index (χ0) is 30.8. The van der Waals surface area contributed by atoms with Crippen LogP contribution < -0.4 is 28.1 Å². The molecule has 2 aromatic carbocycles. The van der Waals surface area contributed by atoms with E-state index in [1.807, 2.05) is 52.0 Å². The molecular weight excluding hydrogens is 586 g/mol.